The highest BCUT2D eigenvalue weighted by molar-refractivity contribution is 9.10. The Morgan fingerprint density at radius 2 is 2.14 bits per heavy atom. The van der Waals surface area contributed by atoms with E-state index in [-0.39, 0.29) is 0 Å². The molecule has 0 saturated carbocycles. The number of halogens is 1. The largest absolute Gasteiger partial charge is 0.376 e. The van der Waals surface area contributed by atoms with Crippen LogP contribution in [0, 0.1) is 6.92 Å². The average molecular weight is 254 g/mol. The first-order chi connectivity index (χ1) is 6.61. The standard InChI is InChI=1S/C10H12BrN3/c1-7-12-10(11)9-8(13(2)3)5-4-6-14(7)9/h4-6H,1-3H3. The van der Waals surface area contributed by atoms with Gasteiger partial charge in [-0.25, -0.2) is 4.98 Å². The topological polar surface area (TPSA) is 20.5 Å². The highest BCUT2D eigenvalue weighted by Gasteiger charge is 2.10. The van der Waals surface area contributed by atoms with Gasteiger partial charge >= 0.3 is 0 Å². The SMILES string of the molecule is Cc1nc(Br)c2c(N(C)C)cccn12. The zero-order chi connectivity index (χ0) is 10.3. The van der Waals surface area contributed by atoms with E-state index in [1.165, 1.54) is 5.69 Å². The highest BCUT2D eigenvalue weighted by Crippen LogP contribution is 2.27. The summed E-state index contributed by atoms with van der Waals surface area (Å²) in [5.41, 5.74) is 2.29. The van der Waals surface area contributed by atoms with E-state index in [1.807, 2.05) is 33.3 Å². The Bertz CT molecular complexity index is 473. The number of aromatic nitrogens is 2. The molecule has 0 saturated heterocycles. The summed E-state index contributed by atoms with van der Waals surface area (Å²) in [5.74, 6) is 0.996. The Morgan fingerprint density at radius 3 is 2.79 bits per heavy atom. The molecule has 0 unspecified atom stereocenters. The molecule has 2 aromatic heterocycles. The molecule has 0 atom stereocenters. The second-order valence-corrected chi connectivity index (χ2v) is 4.21. The van der Waals surface area contributed by atoms with Crippen LogP contribution in [0.25, 0.3) is 5.52 Å². The molecule has 3 nitrogen and oxygen atoms in total. The molecule has 2 aromatic rings. The predicted molar refractivity (Wildman–Crippen MR) is 62.0 cm³/mol. The van der Waals surface area contributed by atoms with E-state index in [1.54, 1.807) is 0 Å². The predicted octanol–water partition coefficient (Wildman–Crippen LogP) is 2.47. The van der Waals surface area contributed by atoms with Crippen LogP contribution in [0.15, 0.2) is 22.9 Å². The van der Waals surface area contributed by atoms with Crippen molar-refractivity contribution in [2.75, 3.05) is 19.0 Å². The number of hydrogen-bond donors (Lipinski definition) is 0. The fourth-order valence-electron chi connectivity index (χ4n) is 1.58. The number of nitrogens with zero attached hydrogens (tertiary/aromatic N) is 3. The molecule has 14 heavy (non-hydrogen) atoms. The van der Waals surface area contributed by atoms with E-state index in [0.29, 0.717) is 0 Å². The van der Waals surface area contributed by atoms with Gasteiger partial charge in [0.15, 0.2) is 0 Å². The van der Waals surface area contributed by atoms with Crippen LogP contribution in [0.2, 0.25) is 0 Å². The monoisotopic (exact) mass is 253 g/mol. The van der Waals surface area contributed by atoms with Crippen LogP contribution in [0.5, 0.6) is 0 Å². The van der Waals surface area contributed by atoms with Gasteiger partial charge in [0.25, 0.3) is 0 Å². The fourth-order valence-corrected chi connectivity index (χ4v) is 2.23. The van der Waals surface area contributed by atoms with E-state index in [4.69, 9.17) is 0 Å². The van der Waals surface area contributed by atoms with E-state index in [9.17, 15) is 0 Å². The molecule has 2 rings (SSSR count). The van der Waals surface area contributed by atoms with Crippen molar-refractivity contribution < 1.29 is 0 Å². The molecular weight excluding hydrogens is 242 g/mol. The summed E-state index contributed by atoms with van der Waals surface area (Å²) in [4.78, 5) is 6.47. The van der Waals surface area contributed by atoms with Gasteiger partial charge in [0.1, 0.15) is 15.9 Å². The summed E-state index contributed by atoms with van der Waals surface area (Å²) >= 11 is 3.48. The van der Waals surface area contributed by atoms with Crippen molar-refractivity contribution in [1.82, 2.24) is 9.38 Å². The third kappa shape index (κ3) is 1.30. The lowest BCUT2D eigenvalue weighted by Gasteiger charge is -2.14. The highest BCUT2D eigenvalue weighted by atomic mass is 79.9. The zero-order valence-electron chi connectivity index (χ0n) is 8.45. The van der Waals surface area contributed by atoms with Gasteiger partial charge in [-0.15, -0.1) is 0 Å². The first-order valence-electron chi connectivity index (χ1n) is 4.41. The molecule has 0 aromatic carbocycles. The summed E-state index contributed by atoms with van der Waals surface area (Å²) in [6.45, 7) is 2.00. The first kappa shape index (κ1) is 9.52. The van der Waals surface area contributed by atoms with Crippen LogP contribution in [0.3, 0.4) is 0 Å². The lowest BCUT2D eigenvalue weighted by Crippen LogP contribution is -2.09. The van der Waals surface area contributed by atoms with Crippen LogP contribution >= 0.6 is 15.9 Å². The van der Waals surface area contributed by atoms with Crippen LogP contribution in [-0.2, 0) is 0 Å². The number of aryl methyl sites for hydroxylation is 1. The molecule has 0 N–H and O–H groups in total. The van der Waals surface area contributed by atoms with Gasteiger partial charge in [-0.1, -0.05) is 0 Å². The summed E-state index contributed by atoms with van der Waals surface area (Å²) < 4.78 is 2.98. The third-order valence-corrected chi connectivity index (χ3v) is 2.81. The summed E-state index contributed by atoms with van der Waals surface area (Å²) in [7, 11) is 4.06. The van der Waals surface area contributed by atoms with Gasteiger partial charge in [0, 0.05) is 20.3 Å². The Labute approximate surface area is 91.5 Å². The second kappa shape index (κ2) is 3.28. The van der Waals surface area contributed by atoms with Gasteiger partial charge in [0.2, 0.25) is 0 Å². The molecule has 0 bridgehead atoms. The van der Waals surface area contributed by atoms with E-state index < -0.39 is 0 Å². The Kier molecular flexibility index (Phi) is 2.23. The molecular formula is C10H12BrN3. The van der Waals surface area contributed by atoms with Gasteiger partial charge in [0.05, 0.1) is 5.69 Å². The van der Waals surface area contributed by atoms with Crippen LogP contribution in [-0.4, -0.2) is 23.5 Å². The number of fused-ring (bicyclic) bond motifs is 1. The Hall–Kier alpha value is -1.03. The van der Waals surface area contributed by atoms with E-state index in [2.05, 4.69) is 36.3 Å². The average Bonchev–Trinajstić information content (AvgIpc) is 2.43. The van der Waals surface area contributed by atoms with Gasteiger partial charge < -0.3 is 9.30 Å². The van der Waals surface area contributed by atoms with E-state index >= 15 is 0 Å². The maximum atomic E-state index is 4.39. The summed E-state index contributed by atoms with van der Waals surface area (Å²) in [5, 5.41) is 0. The molecule has 0 radical (unpaired) electrons. The molecule has 74 valence electrons. The fraction of sp³-hybridized carbons (Fsp3) is 0.300. The maximum Gasteiger partial charge on any atom is 0.134 e. The Morgan fingerprint density at radius 1 is 1.43 bits per heavy atom. The van der Waals surface area contributed by atoms with Gasteiger partial charge in [-0.05, 0) is 35.0 Å². The van der Waals surface area contributed by atoms with Crippen LogP contribution in [0.1, 0.15) is 5.82 Å². The van der Waals surface area contributed by atoms with Crippen LogP contribution in [0.4, 0.5) is 5.69 Å². The second-order valence-electron chi connectivity index (χ2n) is 3.46. The lowest BCUT2D eigenvalue weighted by molar-refractivity contribution is 1.03. The molecule has 0 amide bonds. The minimum atomic E-state index is 0.902. The minimum absolute atomic E-state index is 0.902. The van der Waals surface area contributed by atoms with Crippen molar-refractivity contribution >= 4 is 27.1 Å². The molecule has 0 fully saturated rings. The maximum absolute atomic E-state index is 4.39. The first-order valence-corrected chi connectivity index (χ1v) is 5.21. The summed E-state index contributed by atoms with van der Waals surface area (Å²) in [6, 6.07) is 4.12. The minimum Gasteiger partial charge on any atom is -0.376 e. The molecule has 0 aliphatic heterocycles. The van der Waals surface area contributed by atoms with Gasteiger partial charge in [-0.2, -0.15) is 0 Å². The van der Waals surface area contributed by atoms with Crippen LogP contribution < -0.4 is 4.90 Å². The number of pyridine rings is 1. The van der Waals surface area contributed by atoms with Crippen molar-refractivity contribution in [3.63, 3.8) is 0 Å². The summed E-state index contributed by atoms with van der Waals surface area (Å²) in [6.07, 6.45) is 2.02. The van der Waals surface area contributed by atoms with E-state index in [0.717, 1.165) is 15.9 Å². The molecule has 0 aliphatic rings. The molecule has 0 spiro atoms. The molecule has 2 heterocycles. The number of anilines is 1. The van der Waals surface area contributed by atoms with Crippen molar-refractivity contribution in [2.24, 2.45) is 0 Å². The molecule has 0 aliphatic carbocycles. The number of hydrogen-bond acceptors (Lipinski definition) is 2. The third-order valence-electron chi connectivity index (χ3n) is 2.26. The lowest BCUT2D eigenvalue weighted by atomic mass is 10.3. The van der Waals surface area contributed by atoms with Crippen molar-refractivity contribution in [2.45, 2.75) is 6.92 Å². The van der Waals surface area contributed by atoms with Crippen molar-refractivity contribution in [1.29, 1.82) is 0 Å². The zero-order valence-corrected chi connectivity index (χ0v) is 10.0. The number of rotatable bonds is 1. The van der Waals surface area contributed by atoms with Gasteiger partial charge in [-0.3, -0.25) is 0 Å². The normalized spacial score (nSPS) is 10.9. The Balaban J connectivity index is 2.85. The smallest absolute Gasteiger partial charge is 0.134 e. The molecule has 4 heteroatoms. The van der Waals surface area contributed by atoms with Crippen molar-refractivity contribution in [3.05, 3.63) is 28.8 Å². The van der Waals surface area contributed by atoms with Crippen molar-refractivity contribution in [3.8, 4) is 0 Å². The number of imidazole rings is 1. The quantitative estimate of drug-likeness (QED) is 0.779.